The van der Waals surface area contributed by atoms with Gasteiger partial charge in [0.2, 0.25) is 0 Å². The third-order valence-electron chi connectivity index (χ3n) is 5.67. The van der Waals surface area contributed by atoms with Crippen molar-refractivity contribution in [2.24, 2.45) is 5.10 Å². The van der Waals surface area contributed by atoms with Crippen LogP contribution < -0.4 is 14.2 Å². The zero-order valence-electron chi connectivity index (χ0n) is 19.9. The second kappa shape index (κ2) is 10.3. The van der Waals surface area contributed by atoms with E-state index in [-0.39, 0.29) is 11.3 Å². The van der Waals surface area contributed by atoms with Gasteiger partial charge in [-0.1, -0.05) is 29.8 Å². The van der Waals surface area contributed by atoms with E-state index in [1.54, 1.807) is 18.4 Å². The van der Waals surface area contributed by atoms with Gasteiger partial charge in [-0.05, 0) is 24.6 Å². The Morgan fingerprint density at radius 2 is 1.69 bits per heavy atom. The van der Waals surface area contributed by atoms with E-state index in [2.05, 4.69) is 5.10 Å². The Balaban J connectivity index is 1.53. The largest absolute Gasteiger partial charge is 0.496 e. The third-order valence-corrected chi connectivity index (χ3v) is 5.67. The van der Waals surface area contributed by atoms with Crippen molar-refractivity contribution in [3.05, 3.63) is 77.2 Å². The average molecular weight is 479 g/mol. The van der Waals surface area contributed by atoms with E-state index in [1.807, 2.05) is 31.2 Å². The minimum atomic E-state index is -0.743. The minimum absolute atomic E-state index is 0.103. The second-order valence-electron chi connectivity index (χ2n) is 7.87. The summed E-state index contributed by atoms with van der Waals surface area (Å²) in [6.07, 6.45) is 2.02. The third kappa shape index (κ3) is 4.98. The fraction of sp³-hybridized carbons (Fsp3) is 0.269. The number of carbonyl (C=O) groups is 2. The van der Waals surface area contributed by atoms with Gasteiger partial charge in [-0.25, -0.2) is 9.80 Å². The van der Waals surface area contributed by atoms with Gasteiger partial charge in [-0.15, -0.1) is 0 Å². The lowest BCUT2D eigenvalue weighted by Crippen LogP contribution is -2.31. The van der Waals surface area contributed by atoms with Crippen LogP contribution in [0.1, 0.15) is 39.7 Å². The van der Waals surface area contributed by atoms with Crippen LogP contribution in [0.15, 0.2) is 64.3 Å². The van der Waals surface area contributed by atoms with Crippen LogP contribution in [0.25, 0.3) is 0 Å². The van der Waals surface area contributed by atoms with Crippen molar-refractivity contribution < 1.29 is 33.0 Å². The molecule has 1 aromatic heterocycles. The zero-order valence-corrected chi connectivity index (χ0v) is 19.9. The van der Waals surface area contributed by atoms with Crippen LogP contribution in [0.3, 0.4) is 0 Å². The van der Waals surface area contributed by atoms with Crippen molar-refractivity contribution in [3.8, 4) is 17.2 Å². The number of nitrogens with zero attached hydrogens (tertiary/aromatic N) is 2. The lowest BCUT2D eigenvalue weighted by molar-refractivity contribution is -0.136. The summed E-state index contributed by atoms with van der Waals surface area (Å²) in [6.45, 7) is 1.49. The van der Waals surface area contributed by atoms with Crippen molar-refractivity contribution in [2.45, 2.75) is 19.4 Å². The van der Waals surface area contributed by atoms with Gasteiger partial charge in [0, 0.05) is 18.6 Å². The van der Waals surface area contributed by atoms with E-state index in [1.165, 1.54) is 38.5 Å². The molecule has 2 heterocycles. The molecule has 3 aromatic rings. The predicted octanol–water partition coefficient (Wildman–Crippen LogP) is 4.15. The summed E-state index contributed by atoms with van der Waals surface area (Å²) in [5.74, 6) is 0.324. The number of carbonyl (C=O) groups excluding carboxylic acids is 2. The van der Waals surface area contributed by atoms with Crippen LogP contribution in [0.5, 0.6) is 17.2 Å². The molecule has 35 heavy (non-hydrogen) atoms. The van der Waals surface area contributed by atoms with Gasteiger partial charge < -0.3 is 23.4 Å². The molecule has 1 aliphatic rings. The van der Waals surface area contributed by atoms with E-state index in [0.717, 1.165) is 16.8 Å². The number of rotatable bonds is 8. The number of furan rings is 1. The van der Waals surface area contributed by atoms with Crippen molar-refractivity contribution in [2.75, 3.05) is 27.9 Å². The molecule has 0 spiro atoms. The SMILES string of the molecule is COc1cc(OC)c(C(=O)OCC(=O)N2N=C(c3ccc(C)cc3)C[C@H]2c2ccco2)cc1OC. The molecule has 0 radical (unpaired) electrons. The molecule has 1 aliphatic heterocycles. The number of hydrogen-bond donors (Lipinski definition) is 0. The Bertz CT molecular complexity index is 1230. The van der Waals surface area contributed by atoms with Crippen LogP contribution in [0, 0.1) is 6.92 Å². The van der Waals surface area contributed by atoms with Crippen LogP contribution in [0.4, 0.5) is 0 Å². The molecule has 0 saturated carbocycles. The lowest BCUT2D eigenvalue weighted by atomic mass is 10.0. The van der Waals surface area contributed by atoms with E-state index in [0.29, 0.717) is 23.7 Å². The van der Waals surface area contributed by atoms with Gasteiger partial charge in [0.25, 0.3) is 5.91 Å². The van der Waals surface area contributed by atoms with Gasteiger partial charge in [0.15, 0.2) is 18.1 Å². The topological polar surface area (TPSA) is 99.8 Å². The number of esters is 1. The Kier molecular flexibility index (Phi) is 7.05. The Hall–Kier alpha value is -4.27. The van der Waals surface area contributed by atoms with E-state index < -0.39 is 24.5 Å². The summed E-state index contributed by atoms with van der Waals surface area (Å²) in [5, 5.41) is 5.86. The average Bonchev–Trinajstić information content (AvgIpc) is 3.57. The first-order valence-corrected chi connectivity index (χ1v) is 10.9. The summed E-state index contributed by atoms with van der Waals surface area (Å²) in [4.78, 5) is 25.9. The fourth-order valence-corrected chi connectivity index (χ4v) is 3.82. The fourth-order valence-electron chi connectivity index (χ4n) is 3.82. The van der Waals surface area contributed by atoms with Gasteiger partial charge in [0.05, 0.1) is 33.3 Å². The van der Waals surface area contributed by atoms with Gasteiger partial charge in [0.1, 0.15) is 23.1 Å². The zero-order chi connectivity index (χ0) is 24.9. The molecule has 0 bridgehead atoms. The van der Waals surface area contributed by atoms with E-state index in [4.69, 9.17) is 23.4 Å². The molecule has 9 nitrogen and oxygen atoms in total. The molecule has 1 atom stereocenters. The van der Waals surface area contributed by atoms with Crippen LogP contribution in [-0.4, -0.2) is 50.5 Å². The highest BCUT2D eigenvalue weighted by atomic mass is 16.5. The number of methoxy groups -OCH3 is 3. The molecule has 0 N–H and O–H groups in total. The van der Waals surface area contributed by atoms with Crippen molar-refractivity contribution in [1.82, 2.24) is 5.01 Å². The van der Waals surface area contributed by atoms with Crippen molar-refractivity contribution >= 4 is 17.6 Å². The molecule has 1 amide bonds. The number of amides is 1. The molecule has 9 heteroatoms. The number of ether oxygens (including phenoxy) is 4. The first kappa shape index (κ1) is 23.9. The maximum absolute atomic E-state index is 13.1. The first-order chi connectivity index (χ1) is 16.9. The van der Waals surface area contributed by atoms with Crippen LogP contribution in [-0.2, 0) is 9.53 Å². The first-order valence-electron chi connectivity index (χ1n) is 10.9. The maximum atomic E-state index is 13.1. The highest BCUT2D eigenvalue weighted by Crippen LogP contribution is 2.36. The summed E-state index contributed by atoms with van der Waals surface area (Å²) < 4.78 is 26.7. The molecule has 0 saturated heterocycles. The Morgan fingerprint density at radius 3 is 2.31 bits per heavy atom. The van der Waals surface area contributed by atoms with E-state index >= 15 is 0 Å². The summed E-state index contributed by atoms with van der Waals surface area (Å²) in [7, 11) is 4.35. The lowest BCUT2D eigenvalue weighted by Gasteiger charge is -2.20. The van der Waals surface area contributed by atoms with E-state index in [9.17, 15) is 9.59 Å². The summed E-state index contributed by atoms with van der Waals surface area (Å²) >= 11 is 0. The number of hydrazone groups is 1. The Morgan fingerprint density at radius 1 is 1.00 bits per heavy atom. The number of aryl methyl sites for hydroxylation is 1. The van der Waals surface area contributed by atoms with Crippen LogP contribution in [0.2, 0.25) is 0 Å². The molecule has 182 valence electrons. The van der Waals surface area contributed by atoms with Gasteiger partial charge >= 0.3 is 5.97 Å². The summed E-state index contributed by atoms with van der Waals surface area (Å²) in [5.41, 5.74) is 2.88. The minimum Gasteiger partial charge on any atom is -0.496 e. The summed E-state index contributed by atoms with van der Waals surface area (Å²) in [6, 6.07) is 14.0. The highest BCUT2D eigenvalue weighted by molar-refractivity contribution is 6.03. The monoisotopic (exact) mass is 478 g/mol. The molecular weight excluding hydrogens is 452 g/mol. The number of benzene rings is 2. The molecule has 0 fully saturated rings. The van der Waals surface area contributed by atoms with Crippen molar-refractivity contribution in [1.29, 1.82) is 0 Å². The predicted molar refractivity (Wildman–Crippen MR) is 127 cm³/mol. The molecular formula is C26H26N2O7. The Labute approximate surface area is 202 Å². The quantitative estimate of drug-likeness (QED) is 0.449. The highest BCUT2D eigenvalue weighted by Gasteiger charge is 2.35. The van der Waals surface area contributed by atoms with Gasteiger partial charge in [-0.3, -0.25) is 4.79 Å². The van der Waals surface area contributed by atoms with Gasteiger partial charge in [-0.2, -0.15) is 5.10 Å². The molecule has 0 unspecified atom stereocenters. The molecule has 0 aliphatic carbocycles. The van der Waals surface area contributed by atoms with Crippen molar-refractivity contribution in [3.63, 3.8) is 0 Å². The normalized spacial score (nSPS) is 14.9. The van der Waals surface area contributed by atoms with Crippen LogP contribution >= 0.6 is 0 Å². The number of hydrogen-bond acceptors (Lipinski definition) is 8. The molecule has 4 rings (SSSR count). The maximum Gasteiger partial charge on any atom is 0.342 e. The second-order valence-corrected chi connectivity index (χ2v) is 7.87. The smallest absolute Gasteiger partial charge is 0.342 e. The molecule has 2 aromatic carbocycles. The standard InChI is InChI=1S/C26H26N2O7/c1-16-7-9-17(10-8-16)19-13-20(21-6-5-11-34-21)28(27-19)25(29)15-35-26(30)18-12-23(32-3)24(33-4)14-22(18)31-2/h5-12,14,20H,13,15H2,1-4H3/t20-/m0/s1.